The predicted octanol–water partition coefficient (Wildman–Crippen LogP) is 3.80. The highest BCUT2D eigenvalue weighted by Crippen LogP contribution is 2.29. The van der Waals surface area contributed by atoms with E-state index in [4.69, 9.17) is 9.26 Å². The van der Waals surface area contributed by atoms with Gasteiger partial charge in [0.2, 0.25) is 10.6 Å². The predicted molar refractivity (Wildman–Crippen MR) is 102 cm³/mol. The molecule has 1 aromatic heterocycles. The van der Waals surface area contributed by atoms with Crippen LogP contribution < -0.4 is 10.1 Å². The first-order valence-corrected chi connectivity index (χ1v) is 9.51. The molecule has 7 heteroatoms. The van der Waals surface area contributed by atoms with Crippen LogP contribution in [0.5, 0.6) is 5.75 Å². The fourth-order valence-electron chi connectivity index (χ4n) is 2.34. The second-order valence-electron chi connectivity index (χ2n) is 7.83. The molecule has 1 aromatic carbocycles. The molecule has 0 aliphatic heterocycles. The molecule has 0 bridgehead atoms. The minimum Gasteiger partial charge on any atom is -0.611 e. The van der Waals surface area contributed by atoms with E-state index in [0.29, 0.717) is 10.6 Å². The second-order valence-corrected chi connectivity index (χ2v) is 9.86. The van der Waals surface area contributed by atoms with Crippen molar-refractivity contribution in [1.82, 2.24) is 5.16 Å². The normalized spacial score (nSPS) is 13.3. The fourth-order valence-corrected chi connectivity index (χ4v) is 3.53. The molecular formula is C19H26N2O4S. The first-order chi connectivity index (χ1) is 12.0. The lowest BCUT2D eigenvalue weighted by Crippen LogP contribution is -2.44. The van der Waals surface area contributed by atoms with E-state index in [1.54, 1.807) is 51.3 Å². The van der Waals surface area contributed by atoms with Crippen LogP contribution in [0.15, 0.2) is 39.8 Å². The van der Waals surface area contributed by atoms with Crippen molar-refractivity contribution in [3.63, 3.8) is 0 Å². The maximum atomic E-state index is 12.9. The summed E-state index contributed by atoms with van der Waals surface area (Å²) < 4.78 is 22.0. The lowest BCUT2D eigenvalue weighted by Gasteiger charge is -2.26. The van der Waals surface area contributed by atoms with Gasteiger partial charge in [0.15, 0.2) is 4.90 Å². The number of amides is 1. The van der Waals surface area contributed by atoms with Crippen molar-refractivity contribution < 1.29 is 18.6 Å². The molecule has 0 aliphatic rings. The summed E-state index contributed by atoms with van der Waals surface area (Å²) in [7, 11) is 1.56. The van der Waals surface area contributed by atoms with Gasteiger partial charge in [-0.25, -0.2) is 0 Å². The standard InChI is InChI=1S/C19H26N2O4S/c1-18(2,3)12-13-11-16(25-21-13)20-17(22)19(4,5)26(23)15-9-7-14(24-6)8-10-15/h7-11H,12H2,1-6H3,(H,20,22). The van der Waals surface area contributed by atoms with E-state index in [1.165, 1.54) is 0 Å². The van der Waals surface area contributed by atoms with Crippen LogP contribution in [0.1, 0.15) is 40.3 Å². The quantitative estimate of drug-likeness (QED) is 0.773. The van der Waals surface area contributed by atoms with Crippen molar-refractivity contribution in [3.8, 4) is 5.75 Å². The molecule has 0 aliphatic carbocycles. The zero-order chi connectivity index (χ0) is 19.5. The van der Waals surface area contributed by atoms with E-state index in [1.807, 2.05) is 0 Å². The van der Waals surface area contributed by atoms with Gasteiger partial charge in [-0.3, -0.25) is 10.1 Å². The van der Waals surface area contributed by atoms with Crippen LogP contribution in [-0.4, -0.2) is 27.5 Å². The molecule has 1 N–H and O–H groups in total. The number of ether oxygens (including phenoxy) is 1. The van der Waals surface area contributed by atoms with Crippen molar-refractivity contribution in [2.75, 3.05) is 12.4 Å². The molecule has 2 aromatic rings. The highest BCUT2D eigenvalue weighted by atomic mass is 32.2. The maximum absolute atomic E-state index is 12.9. The lowest BCUT2D eigenvalue weighted by atomic mass is 9.91. The first kappa shape index (κ1) is 20.3. The van der Waals surface area contributed by atoms with Gasteiger partial charge in [0.05, 0.1) is 12.8 Å². The number of carbonyl (C=O) groups excluding carboxylic acids is 1. The molecule has 0 fully saturated rings. The Morgan fingerprint density at radius 1 is 1.23 bits per heavy atom. The molecule has 1 atom stereocenters. The van der Waals surface area contributed by atoms with Crippen LogP contribution in [0.4, 0.5) is 5.88 Å². The second kappa shape index (κ2) is 7.72. The number of anilines is 1. The molecule has 6 nitrogen and oxygen atoms in total. The maximum Gasteiger partial charge on any atom is 0.282 e. The van der Waals surface area contributed by atoms with Crippen LogP contribution >= 0.6 is 0 Å². The Bertz CT molecular complexity index is 748. The average molecular weight is 378 g/mol. The van der Waals surface area contributed by atoms with Crippen molar-refractivity contribution in [2.45, 2.75) is 50.7 Å². The summed E-state index contributed by atoms with van der Waals surface area (Å²) in [4.78, 5) is 13.2. The van der Waals surface area contributed by atoms with Crippen LogP contribution in [0.25, 0.3) is 0 Å². The van der Waals surface area contributed by atoms with Crippen LogP contribution in [0, 0.1) is 5.41 Å². The lowest BCUT2D eigenvalue weighted by molar-refractivity contribution is -0.118. The van der Waals surface area contributed by atoms with Gasteiger partial charge >= 0.3 is 0 Å². The average Bonchev–Trinajstić information content (AvgIpc) is 2.99. The number of nitrogens with zero attached hydrogens (tertiary/aromatic N) is 1. The number of hydrogen-bond acceptors (Lipinski definition) is 5. The number of nitrogens with one attached hydrogen (secondary N) is 1. The van der Waals surface area contributed by atoms with Crippen LogP contribution in [-0.2, 0) is 22.4 Å². The van der Waals surface area contributed by atoms with Gasteiger partial charge in [-0.15, -0.1) is 0 Å². The number of carbonyl (C=O) groups is 1. The summed E-state index contributed by atoms with van der Waals surface area (Å²) in [5.74, 6) is 0.528. The summed E-state index contributed by atoms with van der Waals surface area (Å²) >= 11 is -1.55. The Morgan fingerprint density at radius 3 is 2.38 bits per heavy atom. The molecular weight excluding hydrogens is 352 g/mol. The monoisotopic (exact) mass is 378 g/mol. The van der Waals surface area contributed by atoms with Gasteiger partial charge in [0.25, 0.3) is 5.91 Å². The molecule has 1 heterocycles. The minimum absolute atomic E-state index is 0.0628. The highest BCUT2D eigenvalue weighted by molar-refractivity contribution is 7.93. The molecule has 2 rings (SSSR count). The van der Waals surface area contributed by atoms with E-state index in [2.05, 4.69) is 31.2 Å². The van der Waals surface area contributed by atoms with Gasteiger partial charge in [0.1, 0.15) is 5.75 Å². The summed E-state index contributed by atoms with van der Waals surface area (Å²) in [5.41, 5.74) is 0.828. The smallest absolute Gasteiger partial charge is 0.282 e. The molecule has 26 heavy (non-hydrogen) atoms. The molecule has 0 radical (unpaired) electrons. The summed E-state index contributed by atoms with van der Waals surface area (Å²) in [6.45, 7) is 9.56. The molecule has 142 valence electrons. The SMILES string of the molecule is COc1ccc([S+]([O-])C(C)(C)C(=O)Nc2cc(CC(C)(C)C)no2)cc1. The van der Waals surface area contributed by atoms with E-state index in [-0.39, 0.29) is 11.3 Å². The molecule has 1 unspecified atom stereocenters. The highest BCUT2D eigenvalue weighted by Gasteiger charge is 2.42. The van der Waals surface area contributed by atoms with E-state index in [9.17, 15) is 9.35 Å². The number of aromatic nitrogens is 1. The van der Waals surface area contributed by atoms with Gasteiger partial charge in [-0.1, -0.05) is 25.9 Å². The van der Waals surface area contributed by atoms with Crippen LogP contribution in [0.3, 0.4) is 0 Å². The summed E-state index contributed by atoms with van der Waals surface area (Å²) in [6, 6.07) is 8.53. The van der Waals surface area contributed by atoms with Gasteiger partial charge < -0.3 is 13.8 Å². The Morgan fingerprint density at radius 2 is 1.85 bits per heavy atom. The third kappa shape index (κ3) is 5.02. The third-order valence-electron chi connectivity index (χ3n) is 3.79. The van der Waals surface area contributed by atoms with E-state index in [0.717, 1.165) is 12.1 Å². The third-order valence-corrected chi connectivity index (χ3v) is 5.60. The van der Waals surface area contributed by atoms with Gasteiger partial charge in [-0.05, 0) is 49.9 Å². The minimum atomic E-state index is -1.55. The zero-order valence-corrected chi connectivity index (χ0v) is 16.9. The number of methoxy groups -OCH3 is 1. The number of benzene rings is 1. The van der Waals surface area contributed by atoms with E-state index < -0.39 is 21.8 Å². The zero-order valence-electron chi connectivity index (χ0n) is 16.1. The summed E-state index contributed by atoms with van der Waals surface area (Å²) in [5, 5.41) is 6.66. The largest absolute Gasteiger partial charge is 0.611 e. The fraction of sp³-hybridized carbons (Fsp3) is 0.474. The molecule has 0 saturated carbocycles. The van der Waals surface area contributed by atoms with Gasteiger partial charge in [0, 0.05) is 17.2 Å². The molecule has 0 saturated heterocycles. The van der Waals surface area contributed by atoms with Crippen LogP contribution in [0.2, 0.25) is 0 Å². The Hall–Kier alpha value is -1.99. The topological polar surface area (TPSA) is 87.4 Å². The molecule has 0 spiro atoms. The summed E-state index contributed by atoms with van der Waals surface area (Å²) in [6.07, 6.45) is 0.730. The number of rotatable bonds is 6. The van der Waals surface area contributed by atoms with Crippen molar-refractivity contribution in [3.05, 3.63) is 36.0 Å². The number of hydrogen-bond donors (Lipinski definition) is 1. The molecule has 1 amide bonds. The van der Waals surface area contributed by atoms with Gasteiger partial charge in [-0.2, -0.15) is 0 Å². The van der Waals surface area contributed by atoms with Crippen molar-refractivity contribution in [2.24, 2.45) is 5.41 Å². The van der Waals surface area contributed by atoms with Crippen molar-refractivity contribution in [1.29, 1.82) is 0 Å². The Balaban J connectivity index is 2.09. The van der Waals surface area contributed by atoms with E-state index >= 15 is 0 Å². The Labute approximate surface area is 157 Å². The first-order valence-electron chi connectivity index (χ1n) is 8.36. The Kier molecular flexibility index (Phi) is 6.03. The van der Waals surface area contributed by atoms with Crippen molar-refractivity contribution >= 4 is 23.0 Å².